The van der Waals surface area contributed by atoms with Crippen LogP contribution < -0.4 is 0 Å². The molecule has 0 N–H and O–H groups in total. The van der Waals surface area contributed by atoms with E-state index in [0.29, 0.717) is 23.2 Å². The molecule has 2 aromatic carbocycles. The summed E-state index contributed by atoms with van der Waals surface area (Å²) in [7, 11) is 0. The number of imidazole rings is 1. The van der Waals surface area contributed by atoms with E-state index in [1.165, 1.54) is 23.5 Å². The van der Waals surface area contributed by atoms with E-state index in [0.717, 1.165) is 16.3 Å². The molecule has 3 heterocycles. The molecule has 4 aromatic rings. The summed E-state index contributed by atoms with van der Waals surface area (Å²) in [5.41, 5.74) is 2.47. The highest BCUT2D eigenvalue weighted by molar-refractivity contribution is 7.99. The third kappa shape index (κ3) is 5.57. The van der Waals surface area contributed by atoms with Gasteiger partial charge in [-0.25, -0.2) is 9.37 Å². The first-order valence-electron chi connectivity index (χ1n) is 11.6. The molecule has 1 aliphatic rings. The zero-order chi connectivity index (χ0) is 24.9. The number of rotatable bonds is 10. The summed E-state index contributed by atoms with van der Waals surface area (Å²) in [6.07, 6.45) is 1.89. The zero-order valence-corrected chi connectivity index (χ0v) is 21.6. The van der Waals surface area contributed by atoms with Gasteiger partial charge in [-0.1, -0.05) is 84.2 Å². The first-order valence-corrected chi connectivity index (χ1v) is 14.0. The number of halogens is 1. The number of thioether (sulfide) groups is 2. The average molecular weight is 527 g/mol. The van der Waals surface area contributed by atoms with Crippen LogP contribution in [0.5, 0.6) is 0 Å². The Morgan fingerprint density at radius 3 is 2.28 bits per heavy atom. The van der Waals surface area contributed by atoms with E-state index in [-0.39, 0.29) is 13.2 Å². The second kappa shape index (κ2) is 11.7. The van der Waals surface area contributed by atoms with Gasteiger partial charge in [0.05, 0.1) is 25.5 Å². The van der Waals surface area contributed by atoms with Gasteiger partial charge in [-0.15, -0.1) is 0 Å². The molecule has 0 saturated carbocycles. The Balaban J connectivity index is 1.36. The molecule has 0 aliphatic carbocycles. The Morgan fingerprint density at radius 2 is 1.61 bits per heavy atom. The van der Waals surface area contributed by atoms with Crippen molar-refractivity contribution in [2.24, 2.45) is 0 Å². The Morgan fingerprint density at radius 1 is 0.917 bits per heavy atom. The molecule has 10 heteroatoms. The first kappa shape index (κ1) is 25.2. The fourth-order valence-electron chi connectivity index (χ4n) is 4.14. The van der Waals surface area contributed by atoms with Crippen LogP contribution in [-0.4, -0.2) is 56.9 Å². The largest absolute Gasteiger partial charge is 0.374 e. The van der Waals surface area contributed by atoms with Crippen LogP contribution in [-0.2, 0) is 27.4 Å². The van der Waals surface area contributed by atoms with Crippen molar-refractivity contribution < 1.29 is 18.6 Å². The number of nitrogens with zero attached hydrogens (tertiary/aromatic N) is 4. The fraction of sp³-hybridized carbons (Fsp3) is 0.346. The lowest BCUT2D eigenvalue weighted by Gasteiger charge is -2.20. The molecule has 7 nitrogen and oxygen atoms in total. The van der Waals surface area contributed by atoms with E-state index < -0.39 is 24.5 Å². The van der Waals surface area contributed by atoms with E-state index in [1.807, 2.05) is 73.2 Å². The fourth-order valence-corrected chi connectivity index (χ4v) is 5.06. The van der Waals surface area contributed by atoms with Crippen molar-refractivity contribution in [3.63, 3.8) is 0 Å². The van der Waals surface area contributed by atoms with Gasteiger partial charge >= 0.3 is 0 Å². The summed E-state index contributed by atoms with van der Waals surface area (Å²) in [6, 6.07) is 19.6. The number of hydrogen-bond donors (Lipinski definition) is 0. The van der Waals surface area contributed by atoms with E-state index in [9.17, 15) is 0 Å². The van der Waals surface area contributed by atoms with Crippen LogP contribution >= 0.6 is 23.5 Å². The minimum atomic E-state index is -1.42. The molecule has 36 heavy (non-hydrogen) atoms. The quantitative estimate of drug-likeness (QED) is 0.263. The van der Waals surface area contributed by atoms with Crippen LogP contribution in [0.1, 0.15) is 22.9 Å². The molecule has 0 bridgehead atoms. The Labute approximate surface area is 217 Å². The molecule has 0 radical (unpaired) electrons. The highest BCUT2D eigenvalue weighted by Gasteiger charge is 2.48. The van der Waals surface area contributed by atoms with Crippen LogP contribution in [0.15, 0.2) is 77.2 Å². The van der Waals surface area contributed by atoms with Crippen molar-refractivity contribution in [1.29, 1.82) is 0 Å². The van der Waals surface area contributed by atoms with Gasteiger partial charge in [0.25, 0.3) is 0 Å². The maximum atomic E-state index is 15.9. The zero-order valence-electron chi connectivity index (χ0n) is 20.0. The summed E-state index contributed by atoms with van der Waals surface area (Å²) < 4.78 is 35.9. The summed E-state index contributed by atoms with van der Waals surface area (Å²) in [6.45, 7) is 0.888. The van der Waals surface area contributed by atoms with E-state index in [1.54, 1.807) is 10.6 Å². The molecule has 1 fully saturated rings. The first-order chi connectivity index (χ1) is 17.7. The number of hydrogen-bond acceptors (Lipinski definition) is 8. The smallest absolute Gasteiger partial charge is 0.238 e. The predicted octanol–water partition coefficient (Wildman–Crippen LogP) is 5.15. The van der Waals surface area contributed by atoms with Crippen LogP contribution in [0.4, 0.5) is 4.39 Å². The lowest BCUT2D eigenvalue weighted by atomic mass is 10.1. The molecular formula is C26H27FN4O3S2. The summed E-state index contributed by atoms with van der Waals surface area (Å²) >= 11 is 2.92. The number of fused-ring (bicyclic) bond motifs is 1. The lowest BCUT2D eigenvalue weighted by Crippen LogP contribution is -2.34. The molecule has 0 unspecified atom stereocenters. The molecule has 1 aliphatic heterocycles. The third-order valence-electron chi connectivity index (χ3n) is 5.93. The van der Waals surface area contributed by atoms with Gasteiger partial charge in [0.2, 0.25) is 5.78 Å². The normalized spacial score (nSPS) is 21.9. The van der Waals surface area contributed by atoms with Crippen molar-refractivity contribution in [2.45, 2.75) is 48.0 Å². The monoisotopic (exact) mass is 526 g/mol. The summed E-state index contributed by atoms with van der Waals surface area (Å²) in [4.78, 5) is 13.6. The Bertz CT molecular complexity index is 1280. The average Bonchev–Trinajstić information content (AvgIpc) is 3.48. The third-order valence-corrected chi connectivity index (χ3v) is 7.13. The molecule has 0 spiro atoms. The topological polar surface area (TPSA) is 70.8 Å². The van der Waals surface area contributed by atoms with Gasteiger partial charge in [-0.3, -0.25) is 4.40 Å². The van der Waals surface area contributed by atoms with Crippen molar-refractivity contribution in [3.05, 3.63) is 83.7 Å². The molecule has 5 rings (SSSR count). The molecule has 1 saturated heterocycles. The standard InChI is InChI=1S/C26H27FN4O3S2/c1-35-25-29-24-28-19(13-31(24)26(30-25)36-2)22-21(27)23(33-15-18-11-7-4-8-12-18)20(34-22)16-32-14-17-9-5-3-6-10-17/h3-13,20-23H,14-16H2,1-2H3/t20-,21+,22+,23-/m1/s1. The molecule has 0 amide bonds. The maximum Gasteiger partial charge on any atom is 0.238 e. The lowest BCUT2D eigenvalue weighted by molar-refractivity contribution is -0.0740. The minimum Gasteiger partial charge on any atom is -0.374 e. The second-order valence-electron chi connectivity index (χ2n) is 8.33. The van der Waals surface area contributed by atoms with Gasteiger partial charge in [0.1, 0.15) is 18.3 Å². The maximum absolute atomic E-state index is 15.9. The molecule has 2 aromatic heterocycles. The van der Waals surface area contributed by atoms with Crippen LogP contribution in [0.25, 0.3) is 5.78 Å². The molecule has 4 atom stereocenters. The van der Waals surface area contributed by atoms with Crippen molar-refractivity contribution in [3.8, 4) is 0 Å². The van der Waals surface area contributed by atoms with Crippen LogP contribution in [0.3, 0.4) is 0 Å². The van der Waals surface area contributed by atoms with E-state index >= 15 is 4.39 Å². The highest BCUT2D eigenvalue weighted by Crippen LogP contribution is 2.38. The van der Waals surface area contributed by atoms with Crippen LogP contribution in [0, 0.1) is 0 Å². The predicted molar refractivity (Wildman–Crippen MR) is 138 cm³/mol. The molecular weight excluding hydrogens is 499 g/mol. The number of ether oxygens (including phenoxy) is 3. The van der Waals surface area contributed by atoms with Gasteiger partial charge in [0, 0.05) is 6.20 Å². The van der Waals surface area contributed by atoms with Gasteiger partial charge < -0.3 is 14.2 Å². The Hall–Kier alpha value is -2.50. The summed E-state index contributed by atoms with van der Waals surface area (Å²) in [5.74, 6) is 0.468. The van der Waals surface area contributed by atoms with Gasteiger partial charge in [-0.05, 0) is 23.6 Å². The van der Waals surface area contributed by atoms with Crippen molar-refractivity contribution in [2.75, 3.05) is 19.1 Å². The number of aromatic nitrogens is 4. The number of benzene rings is 2. The van der Waals surface area contributed by atoms with Crippen molar-refractivity contribution in [1.82, 2.24) is 19.4 Å². The van der Waals surface area contributed by atoms with Gasteiger partial charge in [0.15, 0.2) is 16.5 Å². The van der Waals surface area contributed by atoms with Gasteiger partial charge in [-0.2, -0.15) is 9.97 Å². The Kier molecular flexibility index (Phi) is 8.18. The SMILES string of the molecule is CSc1nc(SC)n2cc([C@@H]3O[C@H](COCc4ccccc4)[C@@H](OCc4ccccc4)[C@H]3F)nc2n1. The van der Waals surface area contributed by atoms with Crippen LogP contribution in [0.2, 0.25) is 0 Å². The summed E-state index contributed by atoms with van der Waals surface area (Å²) in [5, 5.41) is 1.35. The van der Waals surface area contributed by atoms with Crippen molar-refractivity contribution >= 4 is 29.3 Å². The van der Waals surface area contributed by atoms with E-state index in [4.69, 9.17) is 14.2 Å². The van der Waals surface area contributed by atoms with E-state index in [2.05, 4.69) is 15.0 Å². The molecule has 188 valence electrons. The highest BCUT2D eigenvalue weighted by atomic mass is 32.2. The second-order valence-corrected chi connectivity index (χ2v) is 9.88. The number of alkyl halides is 1. The minimum absolute atomic E-state index is 0.200.